The van der Waals surface area contributed by atoms with Gasteiger partial charge in [0.1, 0.15) is 10.8 Å². The second kappa shape index (κ2) is 6.93. The Balaban J connectivity index is 2.32. The molecule has 9 heteroatoms. The van der Waals surface area contributed by atoms with Crippen molar-refractivity contribution in [2.75, 3.05) is 19.5 Å². The summed E-state index contributed by atoms with van der Waals surface area (Å²) >= 11 is 11.7. The third kappa shape index (κ3) is 3.31. The van der Waals surface area contributed by atoms with Crippen LogP contribution in [0, 0.1) is 11.6 Å². The molecule has 2 aromatic rings. The summed E-state index contributed by atoms with van der Waals surface area (Å²) in [5.41, 5.74) is 0.0781. The molecule has 2 aromatic heterocycles. The minimum Gasteiger partial charge on any atom is -0.479 e. The highest BCUT2D eigenvalue weighted by molar-refractivity contribution is 6.34. The van der Waals surface area contributed by atoms with Gasteiger partial charge >= 0.3 is 0 Å². The zero-order chi connectivity index (χ0) is 16.3. The van der Waals surface area contributed by atoms with E-state index in [4.69, 9.17) is 32.7 Å². The lowest BCUT2D eigenvalue weighted by atomic mass is 10.2. The van der Waals surface area contributed by atoms with E-state index in [0.717, 1.165) is 0 Å². The maximum absolute atomic E-state index is 14.1. The number of anilines is 1. The van der Waals surface area contributed by atoms with Crippen LogP contribution in [0.1, 0.15) is 5.56 Å². The van der Waals surface area contributed by atoms with Crippen LogP contribution < -0.4 is 14.8 Å². The van der Waals surface area contributed by atoms with Gasteiger partial charge in [0.05, 0.1) is 19.2 Å². The molecule has 2 rings (SSSR count). The van der Waals surface area contributed by atoms with Crippen molar-refractivity contribution in [1.29, 1.82) is 0 Å². The van der Waals surface area contributed by atoms with Crippen LogP contribution in [0.3, 0.4) is 0 Å². The van der Waals surface area contributed by atoms with Crippen molar-refractivity contribution >= 4 is 28.9 Å². The summed E-state index contributed by atoms with van der Waals surface area (Å²) in [6.45, 7) is 0.0210. The number of methoxy groups -OCH3 is 2. The maximum Gasteiger partial charge on any atom is 0.255 e. The summed E-state index contributed by atoms with van der Waals surface area (Å²) < 4.78 is 37.7. The first-order valence-electron chi connectivity index (χ1n) is 5.98. The third-order valence-electron chi connectivity index (χ3n) is 2.76. The first-order chi connectivity index (χ1) is 10.5. The van der Waals surface area contributed by atoms with E-state index in [1.165, 1.54) is 26.5 Å². The van der Waals surface area contributed by atoms with Crippen LogP contribution in [-0.4, -0.2) is 24.2 Å². The van der Waals surface area contributed by atoms with E-state index in [2.05, 4.69) is 15.3 Å². The molecular weight excluding hydrogens is 339 g/mol. The van der Waals surface area contributed by atoms with Gasteiger partial charge in [-0.3, -0.25) is 0 Å². The SMILES string of the molecule is COc1nc(OC)c(F)c(NCc2cnc(Cl)cc2Cl)c1F. The van der Waals surface area contributed by atoms with Gasteiger partial charge in [-0.1, -0.05) is 23.2 Å². The molecule has 0 aliphatic heterocycles. The zero-order valence-corrected chi connectivity index (χ0v) is 13.1. The Kier molecular flexibility index (Phi) is 5.20. The van der Waals surface area contributed by atoms with Crippen LogP contribution in [0.25, 0.3) is 0 Å². The predicted molar refractivity (Wildman–Crippen MR) is 78.8 cm³/mol. The second-order valence-electron chi connectivity index (χ2n) is 4.09. The Labute approximate surface area is 135 Å². The van der Waals surface area contributed by atoms with Gasteiger partial charge in [0, 0.05) is 18.3 Å². The van der Waals surface area contributed by atoms with E-state index < -0.39 is 17.3 Å². The Morgan fingerprint density at radius 1 is 1.14 bits per heavy atom. The number of aromatic nitrogens is 2. The van der Waals surface area contributed by atoms with Crippen molar-refractivity contribution in [3.8, 4) is 11.8 Å². The van der Waals surface area contributed by atoms with E-state index in [1.807, 2.05) is 0 Å². The van der Waals surface area contributed by atoms with Gasteiger partial charge in [-0.25, -0.2) is 4.98 Å². The van der Waals surface area contributed by atoms with Gasteiger partial charge in [-0.05, 0) is 6.07 Å². The molecule has 0 saturated heterocycles. The lowest BCUT2D eigenvalue weighted by molar-refractivity contribution is 0.330. The lowest BCUT2D eigenvalue weighted by Crippen LogP contribution is -2.09. The number of hydrogen-bond acceptors (Lipinski definition) is 5. The first-order valence-corrected chi connectivity index (χ1v) is 6.74. The number of halogens is 4. The zero-order valence-electron chi connectivity index (χ0n) is 11.6. The molecule has 0 fully saturated rings. The topological polar surface area (TPSA) is 56.3 Å². The molecule has 0 atom stereocenters. The molecule has 118 valence electrons. The summed E-state index contributed by atoms with van der Waals surface area (Å²) in [7, 11) is 2.43. The average molecular weight is 350 g/mol. The molecule has 0 radical (unpaired) electrons. The third-order valence-corrected chi connectivity index (χ3v) is 3.31. The number of hydrogen-bond donors (Lipinski definition) is 1. The molecule has 0 aromatic carbocycles. The van der Waals surface area contributed by atoms with Crippen LogP contribution in [0.4, 0.5) is 14.5 Å². The van der Waals surface area contributed by atoms with E-state index in [9.17, 15) is 8.78 Å². The molecule has 0 aliphatic carbocycles. The van der Waals surface area contributed by atoms with Crippen molar-refractivity contribution in [2.24, 2.45) is 0 Å². The van der Waals surface area contributed by atoms with Gasteiger partial charge in [-0.2, -0.15) is 13.8 Å². The first kappa shape index (κ1) is 16.5. The molecule has 0 amide bonds. The van der Waals surface area contributed by atoms with Crippen molar-refractivity contribution in [3.63, 3.8) is 0 Å². The molecule has 22 heavy (non-hydrogen) atoms. The number of rotatable bonds is 5. The fourth-order valence-corrected chi connectivity index (χ4v) is 2.11. The molecular formula is C13H11Cl2F2N3O2. The van der Waals surface area contributed by atoms with Crippen LogP contribution in [0.5, 0.6) is 11.8 Å². The van der Waals surface area contributed by atoms with Crippen LogP contribution in [-0.2, 0) is 6.54 Å². The van der Waals surface area contributed by atoms with E-state index in [1.54, 1.807) is 0 Å². The average Bonchev–Trinajstić information content (AvgIpc) is 2.49. The molecule has 2 heterocycles. The fraction of sp³-hybridized carbons (Fsp3) is 0.231. The highest BCUT2D eigenvalue weighted by Crippen LogP contribution is 2.32. The normalized spacial score (nSPS) is 10.5. The lowest BCUT2D eigenvalue weighted by Gasteiger charge is -2.13. The second-order valence-corrected chi connectivity index (χ2v) is 4.88. The van der Waals surface area contributed by atoms with E-state index in [-0.39, 0.29) is 23.5 Å². The predicted octanol–water partition coefficient (Wildman–Crippen LogP) is 3.69. The van der Waals surface area contributed by atoms with E-state index in [0.29, 0.717) is 10.6 Å². The van der Waals surface area contributed by atoms with Crippen molar-refractivity contribution < 1.29 is 18.3 Å². The molecule has 0 aliphatic rings. The van der Waals surface area contributed by atoms with Gasteiger partial charge in [0.15, 0.2) is 0 Å². The largest absolute Gasteiger partial charge is 0.479 e. The molecule has 1 N–H and O–H groups in total. The van der Waals surface area contributed by atoms with Gasteiger partial charge < -0.3 is 14.8 Å². The number of nitrogens with one attached hydrogen (secondary N) is 1. The number of nitrogens with zero attached hydrogens (tertiary/aromatic N) is 2. The highest BCUT2D eigenvalue weighted by atomic mass is 35.5. The summed E-state index contributed by atoms with van der Waals surface area (Å²) in [5, 5.41) is 3.13. The monoisotopic (exact) mass is 349 g/mol. The summed E-state index contributed by atoms with van der Waals surface area (Å²) in [5.74, 6) is -2.72. The summed E-state index contributed by atoms with van der Waals surface area (Å²) in [6, 6.07) is 1.43. The van der Waals surface area contributed by atoms with E-state index >= 15 is 0 Å². The van der Waals surface area contributed by atoms with Crippen molar-refractivity contribution in [2.45, 2.75) is 6.54 Å². The molecule has 5 nitrogen and oxygen atoms in total. The van der Waals surface area contributed by atoms with Crippen LogP contribution in [0.2, 0.25) is 10.2 Å². The molecule has 0 bridgehead atoms. The Morgan fingerprint density at radius 2 is 1.73 bits per heavy atom. The molecule has 0 saturated carbocycles. The Bertz CT molecular complexity index is 673. The Hall–Kier alpha value is -1.86. The van der Waals surface area contributed by atoms with Gasteiger partial charge in [0.2, 0.25) is 11.6 Å². The van der Waals surface area contributed by atoms with Gasteiger partial charge in [0.25, 0.3) is 11.8 Å². The Morgan fingerprint density at radius 3 is 2.23 bits per heavy atom. The minimum absolute atomic E-state index is 0.0210. The van der Waals surface area contributed by atoms with Gasteiger partial charge in [-0.15, -0.1) is 0 Å². The molecule has 0 unspecified atom stereocenters. The quantitative estimate of drug-likeness (QED) is 0.834. The highest BCUT2D eigenvalue weighted by Gasteiger charge is 2.21. The summed E-state index contributed by atoms with van der Waals surface area (Å²) in [6.07, 6.45) is 1.41. The van der Waals surface area contributed by atoms with Crippen molar-refractivity contribution in [3.05, 3.63) is 39.6 Å². The summed E-state index contributed by atoms with van der Waals surface area (Å²) in [4.78, 5) is 7.42. The number of ether oxygens (including phenoxy) is 2. The van der Waals surface area contributed by atoms with Crippen LogP contribution >= 0.6 is 23.2 Å². The van der Waals surface area contributed by atoms with Crippen molar-refractivity contribution in [1.82, 2.24) is 9.97 Å². The molecule has 0 spiro atoms. The fourth-order valence-electron chi connectivity index (χ4n) is 1.68. The number of pyridine rings is 2. The maximum atomic E-state index is 14.1. The standard InChI is InChI=1S/C13H11Cl2F2N3O2/c1-21-12-9(16)11(10(17)13(20-12)22-2)19-5-6-4-18-8(15)3-7(6)14/h3-4H,5H2,1-2H3,(H,19,20). The minimum atomic E-state index is -0.973. The van der Waals surface area contributed by atoms with Crippen LogP contribution in [0.15, 0.2) is 12.3 Å². The smallest absolute Gasteiger partial charge is 0.255 e.